The molecule has 1 saturated heterocycles. The Bertz CT molecular complexity index is 487. The Hall–Kier alpha value is -1.17. The number of benzene rings is 1. The third-order valence-electron chi connectivity index (χ3n) is 3.77. The van der Waals surface area contributed by atoms with E-state index < -0.39 is 0 Å². The van der Waals surface area contributed by atoms with Crippen LogP contribution in [0.25, 0.3) is 0 Å². The zero-order chi connectivity index (χ0) is 15.2. The van der Waals surface area contributed by atoms with E-state index in [0.29, 0.717) is 11.1 Å². The summed E-state index contributed by atoms with van der Waals surface area (Å²) in [5.74, 6) is 0.726. The summed E-state index contributed by atoms with van der Waals surface area (Å²) in [5.41, 5.74) is 7.73. The van der Waals surface area contributed by atoms with Crippen molar-refractivity contribution in [3.63, 3.8) is 0 Å². The van der Waals surface area contributed by atoms with E-state index in [0.717, 1.165) is 37.4 Å². The van der Waals surface area contributed by atoms with Gasteiger partial charge in [0.2, 0.25) is 0 Å². The SMILES string of the molecule is COc1ccc(CN(C)CC2CCCCO2)cc1C(N)=S. The van der Waals surface area contributed by atoms with Crippen molar-refractivity contribution in [1.82, 2.24) is 4.90 Å². The highest BCUT2D eigenvalue weighted by Gasteiger charge is 2.16. The quantitative estimate of drug-likeness (QED) is 0.817. The van der Waals surface area contributed by atoms with E-state index in [2.05, 4.69) is 18.0 Å². The summed E-state index contributed by atoms with van der Waals surface area (Å²) in [4.78, 5) is 2.65. The van der Waals surface area contributed by atoms with Crippen LogP contribution in [0.5, 0.6) is 5.75 Å². The van der Waals surface area contributed by atoms with Gasteiger partial charge in [-0.25, -0.2) is 0 Å². The van der Waals surface area contributed by atoms with Crippen molar-refractivity contribution in [3.05, 3.63) is 29.3 Å². The fourth-order valence-electron chi connectivity index (χ4n) is 2.72. The first-order chi connectivity index (χ1) is 10.1. The van der Waals surface area contributed by atoms with Crippen LogP contribution in [0.2, 0.25) is 0 Å². The molecule has 0 aromatic heterocycles. The van der Waals surface area contributed by atoms with Crippen molar-refractivity contribution in [2.75, 3.05) is 27.3 Å². The molecule has 4 nitrogen and oxygen atoms in total. The molecule has 1 aromatic rings. The zero-order valence-corrected chi connectivity index (χ0v) is 13.6. The molecule has 1 aliphatic rings. The number of thiocarbonyl (C=S) groups is 1. The van der Waals surface area contributed by atoms with Gasteiger partial charge in [-0.15, -0.1) is 0 Å². The minimum Gasteiger partial charge on any atom is -0.496 e. The van der Waals surface area contributed by atoms with E-state index in [-0.39, 0.29) is 0 Å². The van der Waals surface area contributed by atoms with Gasteiger partial charge in [0.05, 0.1) is 18.8 Å². The second kappa shape index (κ2) is 7.73. The highest BCUT2D eigenvalue weighted by atomic mass is 32.1. The van der Waals surface area contributed by atoms with Gasteiger partial charge < -0.3 is 15.2 Å². The molecule has 0 amide bonds. The summed E-state index contributed by atoms with van der Waals surface area (Å²) in [7, 11) is 3.74. The van der Waals surface area contributed by atoms with Crippen molar-refractivity contribution in [1.29, 1.82) is 0 Å². The van der Waals surface area contributed by atoms with Crippen LogP contribution in [-0.4, -0.2) is 43.3 Å². The number of rotatable bonds is 6. The monoisotopic (exact) mass is 308 g/mol. The summed E-state index contributed by atoms with van der Waals surface area (Å²) in [6, 6.07) is 5.99. The van der Waals surface area contributed by atoms with Crippen LogP contribution < -0.4 is 10.5 Å². The van der Waals surface area contributed by atoms with E-state index in [9.17, 15) is 0 Å². The van der Waals surface area contributed by atoms with Crippen molar-refractivity contribution in [3.8, 4) is 5.75 Å². The summed E-state index contributed by atoms with van der Waals surface area (Å²) >= 11 is 5.08. The van der Waals surface area contributed by atoms with Gasteiger partial charge in [-0.2, -0.15) is 0 Å². The lowest BCUT2D eigenvalue weighted by molar-refractivity contribution is -0.00259. The van der Waals surface area contributed by atoms with E-state index in [1.54, 1.807) is 7.11 Å². The fraction of sp³-hybridized carbons (Fsp3) is 0.562. The Balaban J connectivity index is 1.98. The van der Waals surface area contributed by atoms with Crippen LogP contribution in [0, 0.1) is 0 Å². The Morgan fingerprint density at radius 2 is 2.29 bits per heavy atom. The predicted molar refractivity (Wildman–Crippen MR) is 88.8 cm³/mol. The maximum Gasteiger partial charge on any atom is 0.129 e. The average Bonchev–Trinajstić information content (AvgIpc) is 2.48. The molecule has 1 atom stereocenters. The van der Waals surface area contributed by atoms with Crippen LogP contribution in [0.3, 0.4) is 0 Å². The van der Waals surface area contributed by atoms with Crippen molar-refractivity contribution < 1.29 is 9.47 Å². The highest BCUT2D eigenvalue weighted by molar-refractivity contribution is 7.80. The number of ether oxygens (including phenoxy) is 2. The smallest absolute Gasteiger partial charge is 0.129 e. The first-order valence-corrected chi connectivity index (χ1v) is 7.78. The maximum absolute atomic E-state index is 5.78. The molecule has 1 fully saturated rings. The van der Waals surface area contributed by atoms with Gasteiger partial charge in [-0.1, -0.05) is 18.3 Å². The normalized spacial score (nSPS) is 18.7. The van der Waals surface area contributed by atoms with Crippen LogP contribution in [-0.2, 0) is 11.3 Å². The molecule has 1 heterocycles. The van der Waals surface area contributed by atoms with E-state index in [1.165, 1.54) is 18.4 Å². The number of nitrogens with two attached hydrogens (primary N) is 1. The van der Waals surface area contributed by atoms with Crippen molar-refractivity contribution >= 4 is 17.2 Å². The largest absolute Gasteiger partial charge is 0.496 e. The molecule has 2 rings (SSSR count). The third kappa shape index (κ3) is 4.66. The van der Waals surface area contributed by atoms with Crippen molar-refractivity contribution in [2.45, 2.75) is 31.9 Å². The minimum atomic E-state index is 0.358. The molecule has 2 N–H and O–H groups in total. The number of hydrogen-bond donors (Lipinski definition) is 1. The number of hydrogen-bond acceptors (Lipinski definition) is 4. The molecule has 1 aliphatic heterocycles. The Labute approximate surface area is 132 Å². The lowest BCUT2D eigenvalue weighted by atomic mass is 10.1. The first kappa shape index (κ1) is 16.2. The summed E-state index contributed by atoms with van der Waals surface area (Å²) in [5, 5.41) is 0. The number of methoxy groups -OCH3 is 1. The van der Waals surface area contributed by atoms with Crippen LogP contribution in [0.15, 0.2) is 18.2 Å². The molecule has 0 saturated carbocycles. The molecule has 0 spiro atoms. The maximum atomic E-state index is 5.78. The van der Waals surface area contributed by atoms with E-state index >= 15 is 0 Å². The predicted octanol–water partition coefficient (Wildman–Crippen LogP) is 2.33. The molecule has 0 bridgehead atoms. The van der Waals surface area contributed by atoms with Crippen molar-refractivity contribution in [2.24, 2.45) is 5.73 Å². The average molecular weight is 308 g/mol. The second-order valence-electron chi connectivity index (χ2n) is 5.58. The lowest BCUT2D eigenvalue weighted by Gasteiger charge is -2.27. The Morgan fingerprint density at radius 3 is 2.90 bits per heavy atom. The molecule has 21 heavy (non-hydrogen) atoms. The summed E-state index contributed by atoms with van der Waals surface area (Å²) in [6.45, 7) is 2.69. The first-order valence-electron chi connectivity index (χ1n) is 7.37. The molecular formula is C16H24N2O2S. The fourth-order valence-corrected chi connectivity index (χ4v) is 2.88. The van der Waals surface area contributed by atoms with Gasteiger partial charge >= 0.3 is 0 Å². The van der Waals surface area contributed by atoms with Gasteiger partial charge in [0.15, 0.2) is 0 Å². The minimum absolute atomic E-state index is 0.358. The highest BCUT2D eigenvalue weighted by Crippen LogP contribution is 2.21. The summed E-state index contributed by atoms with van der Waals surface area (Å²) < 4.78 is 11.1. The molecule has 5 heteroatoms. The van der Waals surface area contributed by atoms with Gasteiger partial charge in [0, 0.05) is 19.7 Å². The number of nitrogens with zero attached hydrogens (tertiary/aromatic N) is 1. The standard InChI is InChI=1S/C16H24N2O2S/c1-18(11-13-5-3-4-8-20-13)10-12-6-7-15(19-2)14(9-12)16(17)21/h6-7,9,13H,3-5,8,10-11H2,1-2H3,(H2,17,21). The van der Waals surface area contributed by atoms with Crippen LogP contribution in [0.4, 0.5) is 0 Å². The van der Waals surface area contributed by atoms with E-state index in [1.807, 2.05) is 12.1 Å². The molecule has 116 valence electrons. The molecule has 0 aliphatic carbocycles. The topological polar surface area (TPSA) is 47.7 Å². The second-order valence-corrected chi connectivity index (χ2v) is 6.02. The molecule has 1 aromatic carbocycles. The third-order valence-corrected chi connectivity index (χ3v) is 3.99. The van der Waals surface area contributed by atoms with Gasteiger partial charge in [-0.05, 0) is 44.0 Å². The molecule has 0 radical (unpaired) electrons. The van der Waals surface area contributed by atoms with Gasteiger partial charge in [0.25, 0.3) is 0 Å². The van der Waals surface area contributed by atoms with Gasteiger partial charge in [-0.3, -0.25) is 4.90 Å². The zero-order valence-electron chi connectivity index (χ0n) is 12.8. The van der Waals surface area contributed by atoms with Crippen LogP contribution >= 0.6 is 12.2 Å². The Morgan fingerprint density at radius 1 is 1.48 bits per heavy atom. The summed E-state index contributed by atoms with van der Waals surface area (Å²) in [6.07, 6.45) is 3.98. The van der Waals surface area contributed by atoms with Crippen LogP contribution in [0.1, 0.15) is 30.4 Å². The van der Waals surface area contributed by atoms with E-state index in [4.69, 9.17) is 27.4 Å². The molecular weight excluding hydrogens is 284 g/mol. The number of likely N-dealkylation sites (N-methyl/N-ethyl adjacent to an activating group) is 1. The lowest BCUT2D eigenvalue weighted by Crippen LogP contribution is -2.33. The van der Waals surface area contributed by atoms with Gasteiger partial charge in [0.1, 0.15) is 10.7 Å². The molecule has 1 unspecified atom stereocenters. The Kier molecular flexibility index (Phi) is 5.96.